The molecule has 1 atom stereocenters. The molecular formula is C26H38FNO3. The zero-order valence-corrected chi connectivity index (χ0v) is 19.6. The molecule has 1 aromatic carbocycles. The molecule has 4 nitrogen and oxygen atoms in total. The molecule has 0 aromatic heterocycles. The number of ether oxygens (including phenoxy) is 1. The summed E-state index contributed by atoms with van der Waals surface area (Å²) in [6, 6.07) is 6.07. The van der Waals surface area contributed by atoms with E-state index < -0.39 is 6.67 Å². The average molecular weight is 432 g/mol. The van der Waals surface area contributed by atoms with Crippen LogP contribution in [0.2, 0.25) is 0 Å². The number of halogens is 1. The number of hydrogen-bond acceptors (Lipinski definition) is 4. The van der Waals surface area contributed by atoms with Crippen molar-refractivity contribution in [1.29, 1.82) is 0 Å². The van der Waals surface area contributed by atoms with Crippen LogP contribution in [-0.4, -0.2) is 36.3 Å². The van der Waals surface area contributed by atoms with Gasteiger partial charge in [0.25, 0.3) is 0 Å². The molecule has 31 heavy (non-hydrogen) atoms. The highest BCUT2D eigenvalue weighted by Gasteiger charge is 2.29. The molecule has 172 valence electrons. The maximum Gasteiger partial charge on any atom is 0.309 e. The van der Waals surface area contributed by atoms with Crippen molar-refractivity contribution in [3.8, 4) is 0 Å². The van der Waals surface area contributed by atoms with E-state index in [0.29, 0.717) is 18.9 Å². The Morgan fingerprint density at radius 2 is 1.94 bits per heavy atom. The maximum atomic E-state index is 13.4. The summed E-state index contributed by atoms with van der Waals surface area (Å²) in [5.74, 6) is 0.286. The minimum absolute atomic E-state index is 0.0567. The van der Waals surface area contributed by atoms with E-state index in [1.165, 1.54) is 16.7 Å². The molecule has 1 heterocycles. The second kappa shape index (κ2) is 10.7. The van der Waals surface area contributed by atoms with Crippen molar-refractivity contribution < 1.29 is 18.8 Å². The fraction of sp³-hybridized carbons (Fsp3) is 0.654. The lowest BCUT2D eigenvalue weighted by Gasteiger charge is -2.37. The summed E-state index contributed by atoms with van der Waals surface area (Å²) in [5.41, 5.74) is 4.32. The van der Waals surface area contributed by atoms with E-state index in [1.54, 1.807) is 0 Å². The Hall–Kier alpha value is -1.72. The third-order valence-electron chi connectivity index (χ3n) is 6.77. The van der Waals surface area contributed by atoms with Gasteiger partial charge in [0.1, 0.15) is 6.67 Å². The zero-order valence-electron chi connectivity index (χ0n) is 19.6. The highest BCUT2D eigenvalue weighted by atomic mass is 19.1. The second-order valence-electron chi connectivity index (χ2n) is 9.42. The number of esters is 1. The van der Waals surface area contributed by atoms with Crippen LogP contribution in [0.5, 0.6) is 0 Å². The van der Waals surface area contributed by atoms with Gasteiger partial charge in [0.05, 0.1) is 18.1 Å². The van der Waals surface area contributed by atoms with Crippen molar-refractivity contribution in [3.63, 3.8) is 0 Å². The molecule has 1 fully saturated rings. The number of carbonyl (C=O) groups excluding carboxylic acids is 1. The molecular weight excluding hydrogens is 393 g/mol. The predicted octanol–water partition coefficient (Wildman–Crippen LogP) is 6.20. The van der Waals surface area contributed by atoms with E-state index in [0.717, 1.165) is 50.8 Å². The van der Waals surface area contributed by atoms with E-state index in [9.17, 15) is 9.18 Å². The van der Waals surface area contributed by atoms with Crippen LogP contribution in [0.4, 0.5) is 4.39 Å². The number of allylic oxidation sites excluding steroid dienone is 2. The number of rotatable bonds is 8. The van der Waals surface area contributed by atoms with Gasteiger partial charge in [0, 0.05) is 13.1 Å². The first-order chi connectivity index (χ1) is 14.9. The number of piperidine rings is 1. The summed E-state index contributed by atoms with van der Waals surface area (Å²) in [5, 5.41) is 2.11. The molecule has 0 radical (unpaired) electrons. The fourth-order valence-corrected chi connectivity index (χ4v) is 4.55. The number of alkyl halides is 1. The Bertz CT molecular complexity index is 781. The van der Waals surface area contributed by atoms with E-state index in [2.05, 4.69) is 38.0 Å². The lowest BCUT2D eigenvalue weighted by atomic mass is 9.80. The van der Waals surface area contributed by atoms with Crippen LogP contribution in [0.3, 0.4) is 0 Å². The smallest absolute Gasteiger partial charge is 0.309 e. The van der Waals surface area contributed by atoms with Gasteiger partial charge in [0.15, 0.2) is 0 Å². The lowest BCUT2D eigenvalue weighted by Crippen LogP contribution is -2.40. The van der Waals surface area contributed by atoms with Gasteiger partial charge in [0.2, 0.25) is 0 Å². The topological polar surface area (TPSA) is 38.8 Å². The molecule has 1 aromatic rings. The number of nitrogens with zero attached hydrogens (tertiary/aromatic N) is 1. The highest BCUT2D eigenvalue weighted by Crippen LogP contribution is 2.39. The van der Waals surface area contributed by atoms with Crippen LogP contribution in [-0.2, 0) is 21.0 Å². The molecule has 1 aliphatic carbocycles. The monoisotopic (exact) mass is 431 g/mol. The van der Waals surface area contributed by atoms with Gasteiger partial charge < -0.3 is 4.74 Å². The van der Waals surface area contributed by atoms with Crippen LogP contribution in [0, 0.1) is 5.92 Å². The first-order valence-corrected chi connectivity index (χ1v) is 11.9. The molecule has 5 heteroatoms. The van der Waals surface area contributed by atoms with Crippen LogP contribution >= 0.6 is 0 Å². The van der Waals surface area contributed by atoms with Gasteiger partial charge in [-0.3, -0.25) is 9.63 Å². The van der Waals surface area contributed by atoms with Crippen molar-refractivity contribution in [2.75, 3.05) is 19.7 Å². The van der Waals surface area contributed by atoms with Gasteiger partial charge >= 0.3 is 5.97 Å². The third kappa shape index (κ3) is 6.17. The molecule has 3 rings (SSSR count). The number of hydroxylamine groups is 2. The summed E-state index contributed by atoms with van der Waals surface area (Å²) < 4.78 is 18.6. The Morgan fingerprint density at radius 3 is 2.52 bits per heavy atom. The van der Waals surface area contributed by atoms with Gasteiger partial charge in [-0.2, -0.15) is 5.06 Å². The summed E-state index contributed by atoms with van der Waals surface area (Å²) >= 11 is 0. The van der Waals surface area contributed by atoms with E-state index in [1.807, 2.05) is 19.1 Å². The highest BCUT2D eigenvalue weighted by molar-refractivity contribution is 5.76. The molecule has 0 spiro atoms. The van der Waals surface area contributed by atoms with E-state index >= 15 is 0 Å². The normalized spacial score (nSPS) is 21.1. The first-order valence-electron chi connectivity index (χ1n) is 11.9. The zero-order chi connectivity index (χ0) is 22.4. The Kier molecular flexibility index (Phi) is 8.29. The van der Waals surface area contributed by atoms with Crippen molar-refractivity contribution in [2.45, 2.75) is 84.4 Å². The standard InChI is InChI=1S/C26H38FNO3/c1-5-26(3,4)31-28-15-13-21(14-16-28)23-12-7-19(18-27)17-24(23)20-8-10-22(11-9-20)25(29)30-6-2/h7-8,12,17,21-22H,5-6,9-11,13-16,18H2,1-4H3. The Labute approximate surface area is 186 Å². The minimum Gasteiger partial charge on any atom is -0.466 e. The summed E-state index contributed by atoms with van der Waals surface area (Å²) in [6.07, 6.45) is 7.53. The SMILES string of the molecule is CCOC(=O)C1CC=C(c2cc(CF)ccc2C2CCN(OC(C)(C)CC)CC2)CC1. The molecule has 1 unspecified atom stereocenters. The summed E-state index contributed by atoms with van der Waals surface area (Å²) in [7, 11) is 0. The van der Waals surface area contributed by atoms with E-state index in [-0.39, 0.29) is 17.5 Å². The van der Waals surface area contributed by atoms with Crippen molar-refractivity contribution in [3.05, 3.63) is 41.0 Å². The van der Waals surface area contributed by atoms with E-state index in [4.69, 9.17) is 9.57 Å². The average Bonchev–Trinajstić information content (AvgIpc) is 2.79. The maximum absolute atomic E-state index is 13.4. The van der Waals surface area contributed by atoms with Gasteiger partial charge in [-0.1, -0.05) is 25.1 Å². The van der Waals surface area contributed by atoms with Gasteiger partial charge in [-0.05, 0) is 93.5 Å². The number of benzene rings is 1. The molecule has 0 bridgehead atoms. The van der Waals surface area contributed by atoms with Crippen LogP contribution < -0.4 is 0 Å². The van der Waals surface area contributed by atoms with Crippen molar-refractivity contribution >= 4 is 11.5 Å². The summed E-state index contributed by atoms with van der Waals surface area (Å²) in [4.78, 5) is 18.3. The van der Waals surface area contributed by atoms with Crippen LogP contribution in [0.1, 0.15) is 88.8 Å². The summed E-state index contributed by atoms with van der Waals surface area (Å²) in [6.45, 7) is 10.0. The lowest BCUT2D eigenvalue weighted by molar-refractivity contribution is -0.243. The van der Waals surface area contributed by atoms with Crippen LogP contribution in [0.25, 0.3) is 5.57 Å². The number of hydrogen-bond donors (Lipinski definition) is 0. The van der Waals surface area contributed by atoms with Gasteiger partial charge in [-0.25, -0.2) is 4.39 Å². The predicted molar refractivity (Wildman–Crippen MR) is 122 cm³/mol. The number of carbonyl (C=O) groups is 1. The van der Waals surface area contributed by atoms with Gasteiger partial charge in [-0.15, -0.1) is 0 Å². The molecule has 1 aliphatic heterocycles. The molecule has 2 aliphatic rings. The molecule has 0 N–H and O–H groups in total. The fourth-order valence-electron chi connectivity index (χ4n) is 4.55. The van der Waals surface area contributed by atoms with Crippen LogP contribution in [0.15, 0.2) is 24.3 Å². The van der Waals surface area contributed by atoms with Crippen molar-refractivity contribution in [1.82, 2.24) is 5.06 Å². The minimum atomic E-state index is -0.454. The van der Waals surface area contributed by atoms with Crippen molar-refractivity contribution in [2.24, 2.45) is 5.92 Å². The second-order valence-corrected chi connectivity index (χ2v) is 9.42. The first kappa shape index (κ1) is 23.9. The molecule has 1 saturated heterocycles. The quantitative estimate of drug-likeness (QED) is 0.459. The molecule has 0 amide bonds. The third-order valence-corrected chi connectivity index (χ3v) is 6.77. The Balaban J connectivity index is 1.74. The molecule has 0 saturated carbocycles. The Morgan fingerprint density at radius 1 is 1.19 bits per heavy atom. The largest absolute Gasteiger partial charge is 0.466 e.